The zero-order valence-electron chi connectivity index (χ0n) is 22.9. The van der Waals surface area contributed by atoms with Gasteiger partial charge in [0, 0.05) is 31.1 Å². The molecule has 0 aromatic heterocycles. The van der Waals surface area contributed by atoms with Crippen LogP contribution in [0.4, 0.5) is 5.69 Å². The smallest absolute Gasteiger partial charge is 0.242 e. The van der Waals surface area contributed by atoms with Gasteiger partial charge in [-0.1, -0.05) is 56.6 Å². The highest BCUT2D eigenvalue weighted by Gasteiger charge is 2.29. The monoisotopic (exact) mass is 565 g/mol. The minimum atomic E-state index is -3.63. The van der Waals surface area contributed by atoms with E-state index in [2.05, 4.69) is 5.32 Å². The number of carbonyl (C=O) groups is 2. The average Bonchev–Trinajstić information content (AvgIpc) is 2.86. The van der Waals surface area contributed by atoms with Crippen LogP contribution in [0.5, 0.6) is 5.75 Å². The summed E-state index contributed by atoms with van der Waals surface area (Å²) in [5, 5.41) is 3.53. The number of sulfonamides is 1. The number of hydrogen-bond donors (Lipinski definition) is 1. The Labute approximate surface area is 232 Å². The standard InChI is InChI=1S/C28H40ClN3O5S/c1-6-24(28(34)30-19-21(3)4)31(20-22-14-16-23(29)17-15-22)27(33)13-10-18-32(38(5,35)36)25-11-8-9-12-26(25)37-7-2/h8-9,11-12,14-17,21,24H,6-7,10,13,18-20H2,1-5H3,(H,30,34). The van der Waals surface area contributed by atoms with Gasteiger partial charge in [0.1, 0.15) is 11.8 Å². The Kier molecular flexibility index (Phi) is 12.4. The SMILES string of the molecule is CCOc1ccccc1N(CCCC(=O)N(Cc1ccc(Cl)cc1)C(CC)C(=O)NCC(C)C)S(C)(=O)=O. The van der Waals surface area contributed by atoms with Crippen LogP contribution in [-0.2, 0) is 26.2 Å². The molecule has 38 heavy (non-hydrogen) atoms. The van der Waals surface area contributed by atoms with Gasteiger partial charge < -0.3 is 15.0 Å². The van der Waals surface area contributed by atoms with Crippen molar-refractivity contribution >= 4 is 39.1 Å². The molecule has 0 radical (unpaired) electrons. The van der Waals surface area contributed by atoms with E-state index >= 15 is 0 Å². The van der Waals surface area contributed by atoms with E-state index in [9.17, 15) is 18.0 Å². The molecule has 1 atom stereocenters. The van der Waals surface area contributed by atoms with Crippen molar-refractivity contribution in [2.45, 2.75) is 59.5 Å². The second-order valence-corrected chi connectivity index (χ2v) is 11.9. The van der Waals surface area contributed by atoms with E-state index in [1.165, 1.54) is 4.31 Å². The number of ether oxygens (including phenoxy) is 1. The lowest BCUT2D eigenvalue weighted by Gasteiger charge is -2.31. The minimum absolute atomic E-state index is 0.0738. The first-order valence-corrected chi connectivity index (χ1v) is 15.2. The van der Waals surface area contributed by atoms with E-state index in [0.29, 0.717) is 36.0 Å². The van der Waals surface area contributed by atoms with Crippen molar-refractivity contribution in [3.63, 3.8) is 0 Å². The summed E-state index contributed by atoms with van der Waals surface area (Å²) >= 11 is 6.03. The molecule has 2 aromatic rings. The molecule has 0 fully saturated rings. The zero-order valence-corrected chi connectivity index (χ0v) is 24.5. The van der Waals surface area contributed by atoms with Gasteiger partial charge in [-0.15, -0.1) is 0 Å². The molecule has 0 bridgehead atoms. The summed E-state index contributed by atoms with van der Waals surface area (Å²) in [6, 6.07) is 13.4. The van der Waals surface area contributed by atoms with Crippen LogP contribution in [0.2, 0.25) is 5.02 Å². The van der Waals surface area contributed by atoms with Crippen LogP contribution < -0.4 is 14.4 Å². The molecule has 2 rings (SSSR count). The van der Waals surface area contributed by atoms with Crippen LogP contribution in [0.15, 0.2) is 48.5 Å². The predicted octanol–water partition coefficient (Wildman–Crippen LogP) is 4.86. The first-order chi connectivity index (χ1) is 18.0. The van der Waals surface area contributed by atoms with Gasteiger partial charge in [-0.05, 0) is 55.5 Å². The molecule has 0 saturated carbocycles. The lowest BCUT2D eigenvalue weighted by atomic mass is 10.1. The normalized spacial score (nSPS) is 12.2. The van der Waals surface area contributed by atoms with Gasteiger partial charge in [-0.3, -0.25) is 13.9 Å². The summed E-state index contributed by atoms with van der Waals surface area (Å²) in [6.07, 6.45) is 1.93. The quantitative estimate of drug-likeness (QED) is 0.332. The van der Waals surface area contributed by atoms with Crippen LogP contribution in [0.3, 0.4) is 0 Å². The fraction of sp³-hybridized carbons (Fsp3) is 0.500. The Bertz CT molecular complexity index is 1160. The molecule has 1 N–H and O–H groups in total. The Morgan fingerprint density at radius 3 is 2.29 bits per heavy atom. The van der Waals surface area contributed by atoms with Crippen LogP contribution in [-0.4, -0.2) is 57.1 Å². The summed E-state index contributed by atoms with van der Waals surface area (Å²) < 4.78 is 32.2. The number of carbonyl (C=O) groups excluding carboxylic acids is 2. The van der Waals surface area contributed by atoms with Gasteiger partial charge in [0.15, 0.2) is 0 Å². The first kappa shape index (κ1) is 31.4. The number of anilines is 1. The Morgan fingerprint density at radius 1 is 1.05 bits per heavy atom. The Balaban J connectivity index is 2.24. The molecule has 8 nitrogen and oxygen atoms in total. The number of para-hydroxylation sites is 2. The van der Waals surface area contributed by atoms with Gasteiger partial charge in [-0.25, -0.2) is 8.42 Å². The third-order valence-corrected chi connectivity index (χ3v) is 7.35. The van der Waals surface area contributed by atoms with Gasteiger partial charge in [0.05, 0.1) is 18.6 Å². The van der Waals surface area contributed by atoms with E-state index in [1.807, 2.05) is 39.8 Å². The summed E-state index contributed by atoms with van der Waals surface area (Å²) in [7, 11) is -3.63. The molecule has 0 aliphatic carbocycles. The topological polar surface area (TPSA) is 96.0 Å². The van der Waals surface area contributed by atoms with Crippen molar-refractivity contribution in [2.75, 3.05) is 30.3 Å². The third kappa shape index (κ3) is 9.51. The van der Waals surface area contributed by atoms with Crippen molar-refractivity contribution < 1.29 is 22.7 Å². The summed E-state index contributed by atoms with van der Waals surface area (Å²) in [5.74, 6) is 0.312. The van der Waals surface area contributed by atoms with E-state index in [1.54, 1.807) is 41.3 Å². The predicted molar refractivity (Wildman–Crippen MR) is 153 cm³/mol. The van der Waals surface area contributed by atoms with Gasteiger partial charge in [0.2, 0.25) is 21.8 Å². The highest BCUT2D eigenvalue weighted by atomic mass is 35.5. The molecule has 1 unspecified atom stereocenters. The summed E-state index contributed by atoms with van der Waals surface area (Å²) in [4.78, 5) is 28.1. The third-order valence-electron chi connectivity index (χ3n) is 5.92. The number of nitrogens with one attached hydrogen (secondary N) is 1. The number of hydrogen-bond acceptors (Lipinski definition) is 5. The van der Waals surface area contributed by atoms with E-state index < -0.39 is 16.1 Å². The molecule has 2 aromatic carbocycles. The molecule has 210 valence electrons. The first-order valence-electron chi connectivity index (χ1n) is 13.0. The second kappa shape index (κ2) is 15.0. The van der Waals surface area contributed by atoms with Crippen molar-refractivity contribution in [1.82, 2.24) is 10.2 Å². The van der Waals surface area contributed by atoms with Crippen LogP contribution in [0.1, 0.15) is 52.5 Å². The van der Waals surface area contributed by atoms with Crippen molar-refractivity contribution in [3.05, 3.63) is 59.1 Å². The number of nitrogens with zero attached hydrogens (tertiary/aromatic N) is 2. The molecule has 0 heterocycles. The molecule has 10 heteroatoms. The van der Waals surface area contributed by atoms with Crippen molar-refractivity contribution in [2.24, 2.45) is 5.92 Å². The molecule has 0 spiro atoms. The number of rotatable bonds is 15. The van der Waals surface area contributed by atoms with Crippen LogP contribution >= 0.6 is 11.6 Å². The number of halogens is 1. The van der Waals surface area contributed by atoms with Gasteiger partial charge in [0.25, 0.3) is 0 Å². The molecule has 0 aliphatic rings. The van der Waals surface area contributed by atoms with Crippen LogP contribution in [0.25, 0.3) is 0 Å². The maximum Gasteiger partial charge on any atom is 0.242 e. The maximum atomic E-state index is 13.5. The highest BCUT2D eigenvalue weighted by Crippen LogP contribution is 2.30. The lowest BCUT2D eigenvalue weighted by molar-refractivity contribution is -0.141. The molecular formula is C28H40ClN3O5S. The number of benzene rings is 2. The minimum Gasteiger partial charge on any atom is -0.492 e. The molecular weight excluding hydrogens is 526 g/mol. The Morgan fingerprint density at radius 2 is 1.71 bits per heavy atom. The van der Waals surface area contributed by atoms with Gasteiger partial charge in [-0.2, -0.15) is 0 Å². The fourth-order valence-corrected chi connectivity index (χ4v) is 5.15. The van der Waals surface area contributed by atoms with Crippen molar-refractivity contribution in [1.29, 1.82) is 0 Å². The van der Waals surface area contributed by atoms with Gasteiger partial charge >= 0.3 is 0 Å². The molecule has 2 amide bonds. The highest BCUT2D eigenvalue weighted by molar-refractivity contribution is 7.92. The summed E-state index contributed by atoms with van der Waals surface area (Å²) in [5.41, 5.74) is 1.28. The maximum absolute atomic E-state index is 13.5. The fourth-order valence-electron chi connectivity index (χ4n) is 4.05. The summed E-state index contributed by atoms with van der Waals surface area (Å²) in [6.45, 7) is 8.97. The zero-order chi connectivity index (χ0) is 28.3. The lowest BCUT2D eigenvalue weighted by Crippen LogP contribution is -2.49. The largest absolute Gasteiger partial charge is 0.492 e. The van der Waals surface area contributed by atoms with E-state index in [0.717, 1.165) is 11.8 Å². The second-order valence-electron chi connectivity index (χ2n) is 9.55. The van der Waals surface area contributed by atoms with E-state index in [-0.39, 0.29) is 43.7 Å². The number of amides is 2. The Hall–Kier alpha value is -2.78. The van der Waals surface area contributed by atoms with Crippen molar-refractivity contribution in [3.8, 4) is 5.75 Å². The van der Waals surface area contributed by atoms with Crippen LogP contribution in [0, 0.1) is 5.92 Å². The average molecular weight is 566 g/mol. The molecule has 0 saturated heterocycles. The molecule has 0 aliphatic heterocycles. The van der Waals surface area contributed by atoms with E-state index in [4.69, 9.17) is 16.3 Å².